The number of benzene rings is 1. The van der Waals surface area contributed by atoms with E-state index in [0.717, 1.165) is 24.3 Å². The molecule has 0 bridgehead atoms. The highest BCUT2D eigenvalue weighted by Crippen LogP contribution is 2.36. The van der Waals surface area contributed by atoms with E-state index in [1.165, 1.54) is 18.2 Å². The number of rotatable bonds is 3. The third-order valence-electron chi connectivity index (χ3n) is 3.67. The molecule has 1 N–H and O–H groups in total. The number of aromatic amines is 1. The van der Waals surface area contributed by atoms with Crippen molar-refractivity contribution < 1.29 is 30.8 Å². The van der Waals surface area contributed by atoms with Crippen molar-refractivity contribution in [1.29, 1.82) is 0 Å². The van der Waals surface area contributed by atoms with Crippen molar-refractivity contribution in [2.75, 3.05) is 0 Å². The second-order valence-electron chi connectivity index (χ2n) is 5.75. The molecule has 0 aliphatic heterocycles. The molecule has 152 valence electrons. The Kier molecular flexibility index (Phi) is 5.31. The van der Waals surface area contributed by atoms with Crippen LogP contribution in [0, 0.1) is 0 Å². The molecule has 0 unspecified atom stereocenters. The maximum absolute atomic E-state index is 12.9. The molecule has 4 nitrogen and oxygen atoms in total. The maximum atomic E-state index is 12.9. The number of nitrogens with one attached hydrogen (secondary N) is 1. The zero-order valence-corrected chi connectivity index (χ0v) is 14.8. The third kappa shape index (κ3) is 4.89. The Balaban J connectivity index is 1.91. The van der Waals surface area contributed by atoms with Crippen molar-refractivity contribution in [3.8, 4) is 11.3 Å². The van der Waals surface area contributed by atoms with E-state index >= 15 is 0 Å². The molecule has 0 amide bonds. The van der Waals surface area contributed by atoms with Crippen LogP contribution in [-0.4, -0.2) is 9.97 Å². The Hall–Kier alpha value is -3.01. The van der Waals surface area contributed by atoms with Gasteiger partial charge in [0.05, 0.1) is 16.3 Å². The molecule has 0 spiro atoms. The quantitative estimate of drug-likeness (QED) is 0.523. The van der Waals surface area contributed by atoms with E-state index in [4.69, 9.17) is 16.0 Å². The summed E-state index contributed by atoms with van der Waals surface area (Å²) < 4.78 is 82.2. The fraction of sp³-hybridized carbons (Fsp3) is 0.111. The summed E-state index contributed by atoms with van der Waals surface area (Å²) in [6, 6.07) is 6.09. The minimum absolute atomic E-state index is 0.00483. The molecule has 3 rings (SSSR count). The van der Waals surface area contributed by atoms with Crippen molar-refractivity contribution >= 4 is 23.8 Å². The molecule has 0 saturated carbocycles. The average Bonchev–Trinajstić information content (AvgIpc) is 3.07. The van der Waals surface area contributed by atoms with Crippen molar-refractivity contribution in [3.63, 3.8) is 0 Å². The highest BCUT2D eigenvalue weighted by molar-refractivity contribution is 6.33. The van der Waals surface area contributed by atoms with Crippen molar-refractivity contribution in [2.24, 2.45) is 0 Å². The first kappa shape index (κ1) is 20.7. The van der Waals surface area contributed by atoms with E-state index < -0.39 is 29.3 Å². The van der Waals surface area contributed by atoms with Crippen LogP contribution in [0.2, 0.25) is 5.02 Å². The van der Waals surface area contributed by atoms with E-state index in [0.29, 0.717) is 6.07 Å². The molecule has 0 saturated heterocycles. The van der Waals surface area contributed by atoms with Gasteiger partial charge in [0.15, 0.2) is 0 Å². The second kappa shape index (κ2) is 7.43. The van der Waals surface area contributed by atoms with Gasteiger partial charge in [-0.2, -0.15) is 31.3 Å². The van der Waals surface area contributed by atoms with Crippen LogP contribution < -0.4 is 5.69 Å². The monoisotopic (exact) mass is 434 g/mol. The van der Waals surface area contributed by atoms with Gasteiger partial charge in [-0.05, 0) is 48.6 Å². The first-order valence-electron chi connectivity index (χ1n) is 7.77. The van der Waals surface area contributed by atoms with E-state index in [9.17, 15) is 31.1 Å². The van der Waals surface area contributed by atoms with E-state index in [1.54, 1.807) is 4.98 Å². The number of halogens is 7. The van der Waals surface area contributed by atoms with Crippen molar-refractivity contribution in [1.82, 2.24) is 9.97 Å². The van der Waals surface area contributed by atoms with E-state index in [2.05, 4.69) is 4.98 Å². The fourth-order valence-electron chi connectivity index (χ4n) is 2.36. The molecule has 0 atom stereocenters. The molecule has 1 aromatic carbocycles. The third-order valence-corrected chi connectivity index (χ3v) is 4.00. The summed E-state index contributed by atoms with van der Waals surface area (Å²) in [5, 5.41) is 0.0222. The lowest BCUT2D eigenvalue weighted by atomic mass is 10.1. The number of aromatic nitrogens is 2. The molecule has 2 heterocycles. The predicted octanol–water partition coefficient (Wildman–Crippen LogP) is 5.89. The van der Waals surface area contributed by atoms with Gasteiger partial charge in [0.1, 0.15) is 17.2 Å². The zero-order valence-electron chi connectivity index (χ0n) is 14.0. The molecule has 0 aliphatic rings. The lowest BCUT2D eigenvalue weighted by Crippen LogP contribution is -2.19. The molecular formula is C18H9ClF6N2O2. The minimum Gasteiger partial charge on any atom is -0.457 e. The van der Waals surface area contributed by atoms with Gasteiger partial charge in [-0.15, -0.1) is 0 Å². The molecule has 3 aromatic rings. The number of furan rings is 1. The van der Waals surface area contributed by atoms with Gasteiger partial charge in [0.2, 0.25) is 0 Å². The molecular weight excluding hydrogens is 426 g/mol. The first-order chi connectivity index (χ1) is 13.4. The van der Waals surface area contributed by atoms with Crippen LogP contribution in [0.1, 0.15) is 22.7 Å². The lowest BCUT2D eigenvalue weighted by Gasteiger charge is -2.09. The number of alkyl halides is 6. The van der Waals surface area contributed by atoms with Gasteiger partial charge < -0.3 is 9.40 Å². The predicted molar refractivity (Wildman–Crippen MR) is 92.9 cm³/mol. The summed E-state index contributed by atoms with van der Waals surface area (Å²) in [5.74, 6) is 0.125. The molecule has 11 heteroatoms. The minimum atomic E-state index is -4.76. The highest BCUT2D eigenvalue weighted by Gasteiger charge is 2.32. The molecule has 0 aliphatic carbocycles. The molecule has 0 fully saturated rings. The van der Waals surface area contributed by atoms with E-state index in [-0.39, 0.29) is 27.8 Å². The maximum Gasteiger partial charge on any atom is 0.431 e. The number of hydrogen-bond acceptors (Lipinski definition) is 3. The van der Waals surface area contributed by atoms with Crippen LogP contribution in [0.25, 0.3) is 23.5 Å². The van der Waals surface area contributed by atoms with Crippen LogP contribution in [0.15, 0.2) is 45.6 Å². The van der Waals surface area contributed by atoms with Gasteiger partial charge in [0.25, 0.3) is 0 Å². The van der Waals surface area contributed by atoms with Crippen molar-refractivity contribution in [2.45, 2.75) is 12.4 Å². The van der Waals surface area contributed by atoms with Crippen LogP contribution in [-0.2, 0) is 12.4 Å². The smallest absolute Gasteiger partial charge is 0.431 e. The Morgan fingerprint density at radius 2 is 1.69 bits per heavy atom. The normalized spacial score (nSPS) is 12.7. The molecule has 29 heavy (non-hydrogen) atoms. The Bertz CT molecular complexity index is 1130. The van der Waals surface area contributed by atoms with Crippen LogP contribution >= 0.6 is 11.6 Å². The van der Waals surface area contributed by atoms with Crippen LogP contribution in [0.5, 0.6) is 0 Å². The standard InChI is InChI=1S/C18H9ClF6N2O2/c19-13-5-1-9(17(20,21)22)7-12(13)14-6-4-11(29-14)3-2-10-8-15(18(23,24)25)27-16(28)26-10/h1-8H,(H,26,27,28). The Morgan fingerprint density at radius 3 is 2.34 bits per heavy atom. The molecule has 0 radical (unpaired) electrons. The van der Waals surface area contributed by atoms with Crippen LogP contribution in [0.3, 0.4) is 0 Å². The summed E-state index contributed by atoms with van der Waals surface area (Å²) in [7, 11) is 0. The number of H-pyrrole nitrogens is 1. The Morgan fingerprint density at radius 1 is 0.966 bits per heavy atom. The van der Waals surface area contributed by atoms with Gasteiger partial charge in [-0.25, -0.2) is 4.79 Å². The SMILES string of the molecule is O=c1nc(C=Cc2ccc(-c3cc(C(F)(F)F)ccc3Cl)o2)cc(C(F)(F)F)[nH]1. The van der Waals surface area contributed by atoms with Crippen LogP contribution in [0.4, 0.5) is 26.3 Å². The summed E-state index contributed by atoms with van der Waals surface area (Å²) in [6.45, 7) is 0. The molecule has 2 aromatic heterocycles. The summed E-state index contributed by atoms with van der Waals surface area (Å²) in [4.78, 5) is 16.3. The highest BCUT2D eigenvalue weighted by atomic mass is 35.5. The van der Waals surface area contributed by atoms with Crippen molar-refractivity contribution in [3.05, 3.63) is 74.6 Å². The van der Waals surface area contributed by atoms with E-state index in [1.807, 2.05) is 0 Å². The topological polar surface area (TPSA) is 58.9 Å². The Labute approximate surface area is 163 Å². The average molecular weight is 435 g/mol. The summed E-state index contributed by atoms with van der Waals surface area (Å²) >= 11 is 5.94. The summed E-state index contributed by atoms with van der Waals surface area (Å²) in [5.41, 5.74) is -3.66. The number of hydrogen-bond donors (Lipinski definition) is 1. The fourth-order valence-corrected chi connectivity index (χ4v) is 2.57. The van der Waals surface area contributed by atoms with Gasteiger partial charge in [-0.3, -0.25) is 0 Å². The number of nitrogens with zero attached hydrogens (tertiary/aromatic N) is 1. The summed E-state index contributed by atoms with van der Waals surface area (Å²) in [6.07, 6.45) is -7.02. The first-order valence-corrected chi connectivity index (χ1v) is 8.15. The van der Waals surface area contributed by atoms with Gasteiger partial charge in [0, 0.05) is 5.56 Å². The van der Waals surface area contributed by atoms with Gasteiger partial charge in [-0.1, -0.05) is 11.6 Å². The largest absolute Gasteiger partial charge is 0.457 e. The van der Waals surface area contributed by atoms with Gasteiger partial charge >= 0.3 is 18.0 Å². The second-order valence-corrected chi connectivity index (χ2v) is 6.16. The zero-order chi connectivity index (χ0) is 21.4. The lowest BCUT2D eigenvalue weighted by molar-refractivity contribution is -0.141.